The average molecular weight is 312 g/mol. The molecule has 0 aliphatic carbocycles. The minimum Gasteiger partial charge on any atom is -0.326 e. The van der Waals surface area contributed by atoms with E-state index in [1.165, 1.54) is 12.1 Å². The van der Waals surface area contributed by atoms with Crippen LogP contribution < -0.4 is 10.0 Å². The topological polar surface area (TPSA) is 75.3 Å². The van der Waals surface area contributed by atoms with Crippen molar-refractivity contribution >= 4 is 21.6 Å². The first-order chi connectivity index (χ1) is 9.64. The summed E-state index contributed by atoms with van der Waals surface area (Å²) in [4.78, 5) is 11.8. The first-order valence-corrected chi connectivity index (χ1v) is 8.56. The summed E-state index contributed by atoms with van der Waals surface area (Å²) in [6, 6.07) is 6.28. The quantitative estimate of drug-likeness (QED) is 0.848. The molecule has 0 aliphatic rings. The van der Waals surface area contributed by atoms with Crippen molar-refractivity contribution in [2.75, 3.05) is 5.32 Å². The molecule has 0 fully saturated rings. The minimum atomic E-state index is -3.59. The van der Waals surface area contributed by atoms with Gasteiger partial charge < -0.3 is 5.32 Å². The highest BCUT2D eigenvalue weighted by molar-refractivity contribution is 7.89. The normalized spacial score (nSPS) is 12.2. The summed E-state index contributed by atoms with van der Waals surface area (Å²) in [5.41, 5.74) is -0.0629. The van der Waals surface area contributed by atoms with E-state index in [1.807, 2.05) is 6.92 Å². The van der Waals surface area contributed by atoms with E-state index in [9.17, 15) is 13.2 Å². The number of rotatable bonds is 6. The van der Waals surface area contributed by atoms with Crippen molar-refractivity contribution in [2.24, 2.45) is 0 Å². The third-order valence-electron chi connectivity index (χ3n) is 2.63. The number of carbonyl (C=O) groups excluding carboxylic acids is 1. The molecule has 0 aromatic heterocycles. The lowest BCUT2D eigenvalue weighted by atomic mass is 10.1. The largest absolute Gasteiger partial charge is 0.326 e. The Bertz CT molecular complexity index is 589. The second kappa shape index (κ2) is 7.04. The molecule has 0 unspecified atom stereocenters. The number of hydrogen-bond acceptors (Lipinski definition) is 3. The smallest absolute Gasteiger partial charge is 0.241 e. The number of anilines is 1. The van der Waals surface area contributed by atoms with Crippen molar-refractivity contribution in [3.63, 3.8) is 0 Å². The van der Waals surface area contributed by atoms with E-state index in [0.29, 0.717) is 12.1 Å². The molecule has 5 nitrogen and oxygen atoms in total. The number of nitrogens with one attached hydrogen (secondary N) is 2. The molecule has 1 amide bonds. The molecule has 1 rings (SSSR count). The van der Waals surface area contributed by atoms with E-state index < -0.39 is 15.6 Å². The Kier molecular flexibility index (Phi) is 5.92. The van der Waals surface area contributed by atoms with E-state index in [4.69, 9.17) is 0 Å². The van der Waals surface area contributed by atoms with Crippen LogP contribution in [0.5, 0.6) is 0 Å². The molecule has 0 spiro atoms. The van der Waals surface area contributed by atoms with Gasteiger partial charge in [-0.15, -0.1) is 0 Å². The lowest BCUT2D eigenvalue weighted by molar-refractivity contribution is -0.116. The molecule has 0 radical (unpaired) electrons. The highest BCUT2D eigenvalue weighted by Gasteiger charge is 2.22. The van der Waals surface area contributed by atoms with Crippen LogP contribution in [-0.2, 0) is 14.8 Å². The molecule has 0 heterocycles. The van der Waals surface area contributed by atoms with Crippen LogP contribution in [0.2, 0.25) is 0 Å². The first kappa shape index (κ1) is 17.7. The average Bonchev–Trinajstić information content (AvgIpc) is 2.34. The third kappa shape index (κ3) is 6.27. The van der Waals surface area contributed by atoms with Gasteiger partial charge in [-0.3, -0.25) is 4.79 Å². The Morgan fingerprint density at radius 2 is 1.90 bits per heavy atom. The van der Waals surface area contributed by atoms with E-state index in [1.54, 1.807) is 32.9 Å². The SMILES string of the molecule is CCCCC(=O)Nc1cccc(S(=O)(=O)NC(C)(C)C)c1. The lowest BCUT2D eigenvalue weighted by Crippen LogP contribution is -2.40. The van der Waals surface area contributed by atoms with Crippen molar-refractivity contribution in [3.8, 4) is 0 Å². The summed E-state index contributed by atoms with van der Waals surface area (Å²) < 4.78 is 27.1. The molecular weight excluding hydrogens is 288 g/mol. The summed E-state index contributed by atoms with van der Waals surface area (Å²) >= 11 is 0. The minimum absolute atomic E-state index is 0.102. The van der Waals surface area contributed by atoms with Crippen LogP contribution in [0.3, 0.4) is 0 Å². The molecule has 2 N–H and O–H groups in total. The number of hydrogen-bond donors (Lipinski definition) is 2. The fraction of sp³-hybridized carbons (Fsp3) is 0.533. The van der Waals surface area contributed by atoms with Gasteiger partial charge in [-0.1, -0.05) is 19.4 Å². The van der Waals surface area contributed by atoms with Crippen molar-refractivity contribution in [1.29, 1.82) is 0 Å². The van der Waals surface area contributed by atoms with E-state index >= 15 is 0 Å². The molecule has 0 saturated carbocycles. The fourth-order valence-electron chi connectivity index (χ4n) is 1.76. The van der Waals surface area contributed by atoms with Crippen molar-refractivity contribution in [3.05, 3.63) is 24.3 Å². The predicted octanol–water partition coefficient (Wildman–Crippen LogP) is 2.89. The maximum Gasteiger partial charge on any atom is 0.241 e. The van der Waals surface area contributed by atoms with Gasteiger partial charge in [0.15, 0.2) is 0 Å². The summed E-state index contributed by atoms with van der Waals surface area (Å²) in [5.74, 6) is -0.102. The molecule has 1 aromatic carbocycles. The zero-order chi connectivity index (χ0) is 16.1. The number of amides is 1. The van der Waals surface area contributed by atoms with Gasteiger partial charge in [0.05, 0.1) is 4.90 Å². The predicted molar refractivity (Wildman–Crippen MR) is 84.7 cm³/mol. The van der Waals surface area contributed by atoms with Crippen molar-refractivity contribution in [2.45, 2.75) is 57.4 Å². The van der Waals surface area contributed by atoms with E-state index in [0.717, 1.165) is 12.8 Å². The Balaban J connectivity index is 2.88. The Labute approximate surface area is 127 Å². The summed E-state index contributed by atoms with van der Waals surface area (Å²) in [6.45, 7) is 7.35. The summed E-state index contributed by atoms with van der Waals surface area (Å²) in [6.07, 6.45) is 2.19. The number of carbonyl (C=O) groups is 1. The maximum absolute atomic E-state index is 12.2. The van der Waals surface area contributed by atoms with Gasteiger partial charge in [-0.2, -0.15) is 0 Å². The van der Waals surface area contributed by atoms with Crippen LogP contribution in [0, 0.1) is 0 Å². The first-order valence-electron chi connectivity index (χ1n) is 7.08. The highest BCUT2D eigenvalue weighted by atomic mass is 32.2. The zero-order valence-electron chi connectivity index (χ0n) is 13.1. The van der Waals surface area contributed by atoms with Gasteiger partial charge in [0.25, 0.3) is 0 Å². The molecule has 0 saturated heterocycles. The molecule has 0 bridgehead atoms. The molecular formula is C15H24N2O3S. The van der Waals surface area contributed by atoms with Crippen LogP contribution in [0.15, 0.2) is 29.2 Å². The molecule has 1 aromatic rings. The van der Waals surface area contributed by atoms with Crippen LogP contribution in [-0.4, -0.2) is 19.9 Å². The fourth-order valence-corrected chi connectivity index (χ4v) is 3.23. The number of sulfonamides is 1. The van der Waals surface area contributed by atoms with Crippen molar-refractivity contribution in [1.82, 2.24) is 4.72 Å². The van der Waals surface area contributed by atoms with Crippen LogP contribution >= 0.6 is 0 Å². The van der Waals surface area contributed by atoms with Gasteiger partial charge in [0.2, 0.25) is 15.9 Å². The van der Waals surface area contributed by atoms with Crippen molar-refractivity contribution < 1.29 is 13.2 Å². The van der Waals surface area contributed by atoms with Crippen LogP contribution in [0.4, 0.5) is 5.69 Å². The molecule has 0 aliphatic heterocycles. The second-order valence-electron chi connectivity index (χ2n) is 6.04. The Morgan fingerprint density at radius 3 is 2.48 bits per heavy atom. The lowest BCUT2D eigenvalue weighted by Gasteiger charge is -2.20. The molecule has 0 atom stereocenters. The van der Waals surface area contributed by atoms with Gasteiger partial charge in [-0.05, 0) is 45.4 Å². The third-order valence-corrected chi connectivity index (χ3v) is 4.38. The van der Waals surface area contributed by atoms with Gasteiger partial charge in [0.1, 0.15) is 0 Å². The van der Waals surface area contributed by atoms with Gasteiger partial charge in [0, 0.05) is 17.6 Å². The monoisotopic (exact) mass is 312 g/mol. The molecule has 6 heteroatoms. The number of benzene rings is 1. The summed E-state index contributed by atoms with van der Waals surface area (Å²) in [7, 11) is -3.59. The van der Waals surface area contributed by atoms with E-state index in [2.05, 4.69) is 10.0 Å². The molecule has 21 heavy (non-hydrogen) atoms. The van der Waals surface area contributed by atoms with Gasteiger partial charge >= 0.3 is 0 Å². The zero-order valence-corrected chi connectivity index (χ0v) is 13.9. The number of unbranched alkanes of at least 4 members (excludes halogenated alkanes) is 1. The van der Waals surface area contributed by atoms with Crippen LogP contribution in [0.1, 0.15) is 47.0 Å². The maximum atomic E-state index is 12.2. The second-order valence-corrected chi connectivity index (χ2v) is 7.72. The Hall–Kier alpha value is -1.40. The molecule has 118 valence electrons. The Morgan fingerprint density at radius 1 is 1.24 bits per heavy atom. The summed E-state index contributed by atoms with van der Waals surface area (Å²) in [5, 5.41) is 2.72. The van der Waals surface area contributed by atoms with Gasteiger partial charge in [-0.25, -0.2) is 13.1 Å². The highest BCUT2D eigenvalue weighted by Crippen LogP contribution is 2.17. The van der Waals surface area contributed by atoms with E-state index in [-0.39, 0.29) is 10.8 Å². The standard InChI is InChI=1S/C15H24N2O3S/c1-5-6-10-14(18)16-12-8-7-9-13(11-12)21(19,20)17-15(2,3)4/h7-9,11,17H,5-6,10H2,1-4H3,(H,16,18). The van der Waals surface area contributed by atoms with Crippen LogP contribution in [0.25, 0.3) is 0 Å².